The number of carbonyl (C=O) groups excluding carboxylic acids is 1. The Labute approximate surface area is 176 Å². The molecular formula is C20H16ClN5O2S. The summed E-state index contributed by atoms with van der Waals surface area (Å²) >= 11 is 7.24. The largest absolute Gasteiger partial charge is 0.486 e. The van der Waals surface area contributed by atoms with Crippen LogP contribution in [0.3, 0.4) is 0 Å². The molecule has 7 nitrogen and oxygen atoms in total. The van der Waals surface area contributed by atoms with Crippen molar-refractivity contribution < 1.29 is 9.53 Å². The van der Waals surface area contributed by atoms with Crippen molar-refractivity contribution in [2.45, 2.75) is 13.2 Å². The topological polar surface area (TPSA) is 81.9 Å². The van der Waals surface area contributed by atoms with Crippen LogP contribution in [0.2, 0.25) is 5.02 Å². The second-order valence-electron chi connectivity index (χ2n) is 6.06. The highest BCUT2D eigenvalue weighted by molar-refractivity contribution is 7.09. The summed E-state index contributed by atoms with van der Waals surface area (Å²) in [5, 5.41) is 10.1. The Balaban J connectivity index is 1.29. The van der Waals surface area contributed by atoms with Crippen molar-refractivity contribution >= 4 is 28.8 Å². The number of amides is 1. The van der Waals surface area contributed by atoms with E-state index in [0.717, 1.165) is 16.3 Å². The van der Waals surface area contributed by atoms with Gasteiger partial charge >= 0.3 is 0 Å². The molecule has 1 N–H and O–H groups in total. The van der Waals surface area contributed by atoms with E-state index >= 15 is 0 Å². The standard InChI is InChI=1S/C20H16ClN5O2S/c21-15-3-7-17(8-4-15)28-10-19-25-18(11-29-19)20(27)23-9-14-1-5-16(6-2-14)26-13-22-12-24-26/h1-8,11-13H,9-10H2,(H,23,27). The summed E-state index contributed by atoms with van der Waals surface area (Å²) in [5.41, 5.74) is 2.26. The first-order valence-corrected chi connectivity index (χ1v) is 9.98. The Morgan fingerprint density at radius 3 is 2.66 bits per heavy atom. The number of nitrogens with one attached hydrogen (secondary N) is 1. The molecule has 0 atom stereocenters. The van der Waals surface area contributed by atoms with Gasteiger partial charge in [-0.1, -0.05) is 23.7 Å². The number of nitrogens with zero attached hydrogens (tertiary/aromatic N) is 4. The highest BCUT2D eigenvalue weighted by atomic mass is 35.5. The van der Waals surface area contributed by atoms with E-state index < -0.39 is 0 Å². The Morgan fingerprint density at radius 2 is 1.93 bits per heavy atom. The van der Waals surface area contributed by atoms with Crippen LogP contribution in [0.4, 0.5) is 0 Å². The van der Waals surface area contributed by atoms with Gasteiger partial charge in [-0.3, -0.25) is 4.79 Å². The van der Waals surface area contributed by atoms with Crippen molar-refractivity contribution in [3.05, 3.63) is 87.9 Å². The Kier molecular flexibility index (Phi) is 5.83. The van der Waals surface area contributed by atoms with E-state index in [-0.39, 0.29) is 5.91 Å². The molecule has 0 bridgehead atoms. The van der Waals surface area contributed by atoms with Gasteiger partial charge in [-0.25, -0.2) is 14.6 Å². The number of carbonyl (C=O) groups is 1. The maximum absolute atomic E-state index is 12.4. The van der Waals surface area contributed by atoms with Crippen molar-refractivity contribution in [1.29, 1.82) is 0 Å². The number of benzene rings is 2. The SMILES string of the molecule is O=C(NCc1ccc(-n2cncn2)cc1)c1csc(COc2ccc(Cl)cc2)n1. The number of ether oxygens (including phenoxy) is 1. The number of rotatable bonds is 7. The predicted molar refractivity (Wildman–Crippen MR) is 110 cm³/mol. The van der Waals surface area contributed by atoms with Crippen LogP contribution >= 0.6 is 22.9 Å². The third kappa shape index (κ3) is 4.98. The average Bonchev–Trinajstić information content (AvgIpc) is 3.44. The molecule has 1 amide bonds. The van der Waals surface area contributed by atoms with Crippen LogP contribution in [0.1, 0.15) is 21.1 Å². The van der Waals surface area contributed by atoms with E-state index in [1.807, 2.05) is 24.3 Å². The van der Waals surface area contributed by atoms with Crippen molar-refractivity contribution in [1.82, 2.24) is 25.1 Å². The molecule has 0 aliphatic heterocycles. The molecule has 0 fully saturated rings. The number of thiazole rings is 1. The summed E-state index contributed by atoms with van der Waals surface area (Å²) in [6.07, 6.45) is 3.12. The molecule has 9 heteroatoms. The number of aromatic nitrogens is 4. The third-order valence-electron chi connectivity index (χ3n) is 4.03. The van der Waals surface area contributed by atoms with Crippen molar-refractivity contribution in [3.63, 3.8) is 0 Å². The van der Waals surface area contributed by atoms with Crippen LogP contribution < -0.4 is 10.1 Å². The maximum Gasteiger partial charge on any atom is 0.271 e. The van der Waals surface area contributed by atoms with Crippen LogP contribution in [0, 0.1) is 0 Å². The fourth-order valence-corrected chi connectivity index (χ4v) is 3.35. The minimum absolute atomic E-state index is 0.223. The number of hydrogen-bond acceptors (Lipinski definition) is 6. The Morgan fingerprint density at radius 1 is 1.14 bits per heavy atom. The van der Waals surface area contributed by atoms with Crippen LogP contribution in [0.15, 0.2) is 66.6 Å². The first-order chi connectivity index (χ1) is 14.2. The van der Waals surface area contributed by atoms with Gasteiger partial charge in [-0.15, -0.1) is 11.3 Å². The van der Waals surface area contributed by atoms with E-state index in [4.69, 9.17) is 16.3 Å². The van der Waals surface area contributed by atoms with Gasteiger partial charge in [0.2, 0.25) is 0 Å². The summed E-state index contributed by atoms with van der Waals surface area (Å²) in [7, 11) is 0. The molecule has 2 aromatic carbocycles. The van der Waals surface area contributed by atoms with Gasteiger partial charge < -0.3 is 10.1 Å². The molecule has 0 saturated heterocycles. The Hall–Kier alpha value is -3.23. The minimum atomic E-state index is -0.223. The molecular weight excluding hydrogens is 410 g/mol. The Bertz CT molecular complexity index is 1080. The summed E-state index contributed by atoms with van der Waals surface area (Å²) in [5.74, 6) is 0.476. The molecule has 2 heterocycles. The fraction of sp³-hybridized carbons (Fsp3) is 0.100. The van der Waals surface area contributed by atoms with Crippen molar-refractivity contribution in [3.8, 4) is 11.4 Å². The van der Waals surface area contributed by atoms with Gasteiger partial charge in [-0.2, -0.15) is 5.10 Å². The van der Waals surface area contributed by atoms with Crippen LogP contribution in [-0.4, -0.2) is 25.7 Å². The highest BCUT2D eigenvalue weighted by Crippen LogP contribution is 2.18. The first kappa shape index (κ1) is 19.1. The van der Waals surface area contributed by atoms with Gasteiger partial charge in [0.1, 0.15) is 35.7 Å². The molecule has 4 rings (SSSR count). The summed E-state index contributed by atoms with van der Waals surface area (Å²) in [4.78, 5) is 20.6. The molecule has 0 saturated carbocycles. The third-order valence-corrected chi connectivity index (χ3v) is 5.11. The van der Waals surface area contributed by atoms with Gasteiger partial charge in [0.15, 0.2) is 0 Å². The van der Waals surface area contributed by atoms with E-state index in [0.29, 0.717) is 29.6 Å². The summed E-state index contributed by atoms with van der Waals surface area (Å²) < 4.78 is 7.33. The summed E-state index contributed by atoms with van der Waals surface area (Å²) in [6, 6.07) is 14.8. The lowest BCUT2D eigenvalue weighted by Crippen LogP contribution is -2.23. The molecule has 146 valence electrons. The van der Waals surface area contributed by atoms with Gasteiger partial charge in [0.25, 0.3) is 5.91 Å². The van der Waals surface area contributed by atoms with E-state index in [9.17, 15) is 4.79 Å². The zero-order valence-electron chi connectivity index (χ0n) is 15.2. The van der Waals surface area contributed by atoms with E-state index in [2.05, 4.69) is 20.4 Å². The maximum atomic E-state index is 12.4. The van der Waals surface area contributed by atoms with Crippen LogP contribution in [0.25, 0.3) is 5.69 Å². The zero-order chi connectivity index (χ0) is 20.1. The lowest BCUT2D eigenvalue weighted by atomic mass is 10.2. The quantitative estimate of drug-likeness (QED) is 0.485. The lowest BCUT2D eigenvalue weighted by Gasteiger charge is -2.05. The smallest absolute Gasteiger partial charge is 0.271 e. The molecule has 0 spiro atoms. The van der Waals surface area contributed by atoms with E-state index in [1.165, 1.54) is 17.7 Å². The zero-order valence-corrected chi connectivity index (χ0v) is 16.7. The lowest BCUT2D eigenvalue weighted by molar-refractivity contribution is 0.0946. The number of halogens is 1. The molecule has 0 radical (unpaired) electrons. The van der Waals surface area contributed by atoms with Crippen molar-refractivity contribution in [2.24, 2.45) is 0 Å². The van der Waals surface area contributed by atoms with Gasteiger partial charge in [-0.05, 0) is 42.0 Å². The molecule has 0 unspecified atom stereocenters. The second-order valence-corrected chi connectivity index (χ2v) is 7.44. The summed E-state index contributed by atoms with van der Waals surface area (Å²) in [6.45, 7) is 0.702. The van der Waals surface area contributed by atoms with E-state index in [1.54, 1.807) is 40.7 Å². The highest BCUT2D eigenvalue weighted by Gasteiger charge is 2.11. The number of hydrogen-bond donors (Lipinski definition) is 1. The monoisotopic (exact) mass is 425 g/mol. The fourth-order valence-electron chi connectivity index (χ4n) is 2.54. The molecule has 2 aromatic heterocycles. The van der Waals surface area contributed by atoms with Crippen LogP contribution in [0.5, 0.6) is 5.75 Å². The first-order valence-electron chi connectivity index (χ1n) is 8.72. The normalized spacial score (nSPS) is 10.7. The average molecular weight is 426 g/mol. The van der Waals surface area contributed by atoms with Gasteiger partial charge in [0, 0.05) is 16.9 Å². The van der Waals surface area contributed by atoms with Crippen LogP contribution in [-0.2, 0) is 13.2 Å². The molecule has 29 heavy (non-hydrogen) atoms. The van der Waals surface area contributed by atoms with Crippen molar-refractivity contribution in [2.75, 3.05) is 0 Å². The predicted octanol–water partition coefficient (Wildman–Crippen LogP) is 3.89. The van der Waals surface area contributed by atoms with Gasteiger partial charge in [0.05, 0.1) is 5.69 Å². The molecule has 4 aromatic rings. The molecule has 0 aliphatic rings. The second kappa shape index (κ2) is 8.85. The molecule has 0 aliphatic carbocycles. The minimum Gasteiger partial charge on any atom is -0.486 e.